The smallest absolute Gasteiger partial charge is 0.314 e. The van der Waals surface area contributed by atoms with Gasteiger partial charge in [-0.2, -0.15) is 5.26 Å². The van der Waals surface area contributed by atoms with Gasteiger partial charge in [0.25, 0.3) is 5.91 Å². The molecule has 0 fully saturated rings. The molecule has 198 valence electrons. The van der Waals surface area contributed by atoms with Crippen LogP contribution in [0.1, 0.15) is 35.3 Å². The highest BCUT2D eigenvalue weighted by Crippen LogP contribution is 2.22. The van der Waals surface area contributed by atoms with Crippen molar-refractivity contribution in [2.45, 2.75) is 32.4 Å². The number of ether oxygens (including phenoxy) is 1. The number of pyridine rings is 1. The number of aromatic nitrogens is 2. The second-order valence-electron chi connectivity index (χ2n) is 9.57. The average molecular weight is 522 g/mol. The summed E-state index contributed by atoms with van der Waals surface area (Å²) >= 11 is 0. The number of fused-ring (bicyclic) bond motifs is 1. The van der Waals surface area contributed by atoms with Crippen LogP contribution in [-0.2, 0) is 6.42 Å². The third-order valence-electron chi connectivity index (χ3n) is 6.21. The van der Waals surface area contributed by atoms with E-state index < -0.39 is 6.04 Å². The zero-order valence-electron chi connectivity index (χ0n) is 22.5. The van der Waals surface area contributed by atoms with E-state index in [9.17, 15) is 14.9 Å². The maximum Gasteiger partial charge on any atom is 0.314 e. The Morgan fingerprint density at radius 2 is 1.92 bits per heavy atom. The van der Waals surface area contributed by atoms with Crippen molar-refractivity contribution in [3.05, 3.63) is 83.7 Å². The van der Waals surface area contributed by atoms with Gasteiger partial charge in [0.2, 0.25) is 0 Å². The van der Waals surface area contributed by atoms with E-state index in [0.29, 0.717) is 17.7 Å². The summed E-state index contributed by atoms with van der Waals surface area (Å²) in [6, 6.07) is 18.2. The minimum atomic E-state index is -0.393. The molecular formula is C29H31BN6O3. The lowest BCUT2D eigenvalue weighted by atomic mass is 9.98. The average Bonchev–Trinajstić information content (AvgIpc) is 3.37. The number of amides is 3. The summed E-state index contributed by atoms with van der Waals surface area (Å²) in [5, 5.41) is 17.8. The summed E-state index contributed by atoms with van der Waals surface area (Å²) in [7, 11) is 3.57. The molecule has 3 amide bonds. The number of nitrogens with zero attached hydrogens (tertiary/aromatic N) is 3. The number of imidazole rings is 1. The van der Waals surface area contributed by atoms with Crippen molar-refractivity contribution in [2.24, 2.45) is 0 Å². The Hall–Kier alpha value is -4.78. The van der Waals surface area contributed by atoms with Gasteiger partial charge < -0.3 is 25.1 Å². The molecule has 4 rings (SSSR count). The standard InChI is InChI=1S/C29H31BN6O3/c1-18(2)39-26-11-10-21(14-22(26)15-31)28(37)34-23(16-33-29(38)32-3)13-19-6-8-20(9-7-19)25-17-36-12-4-5-24(30)27(36)35-25/h4-12,14,17-18,23H,13,16,30H2,1-3H3,(H,34,37)(H2,32,33,38)/t23-/m0/s1. The zero-order chi connectivity index (χ0) is 27.9. The molecule has 1 atom stereocenters. The molecule has 0 bridgehead atoms. The first-order chi connectivity index (χ1) is 18.8. The predicted octanol–water partition coefficient (Wildman–Crippen LogP) is 2.19. The van der Waals surface area contributed by atoms with Crippen molar-refractivity contribution >= 4 is 30.9 Å². The van der Waals surface area contributed by atoms with Gasteiger partial charge in [0.15, 0.2) is 0 Å². The number of nitrogens with one attached hydrogen (secondary N) is 3. The molecule has 0 aliphatic rings. The Labute approximate surface area is 228 Å². The van der Waals surface area contributed by atoms with Gasteiger partial charge in [-0.15, -0.1) is 0 Å². The summed E-state index contributed by atoms with van der Waals surface area (Å²) in [6.07, 6.45) is 4.37. The van der Waals surface area contributed by atoms with Crippen LogP contribution in [-0.4, -0.2) is 54.9 Å². The molecule has 0 aliphatic heterocycles. The molecule has 3 N–H and O–H groups in total. The number of nitriles is 1. The van der Waals surface area contributed by atoms with Gasteiger partial charge >= 0.3 is 6.03 Å². The molecule has 2 aromatic carbocycles. The van der Waals surface area contributed by atoms with E-state index in [1.54, 1.807) is 12.1 Å². The number of hydrogen-bond acceptors (Lipinski definition) is 5. The van der Waals surface area contributed by atoms with Crippen molar-refractivity contribution < 1.29 is 14.3 Å². The first-order valence-corrected chi connectivity index (χ1v) is 12.8. The highest BCUT2D eigenvalue weighted by Gasteiger charge is 2.18. The number of carbonyl (C=O) groups is 2. The maximum atomic E-state index is 13.1. The first kappa shape index (κ1) is 27.3. The molecule has 0 unspecified atom stereocenters. The fraction of sp³-hybridized carbons (Fsp3) is 0.241. The Balaban J connectivity index is 1.50. The summed E-state index contributed by atoms with van der Waals surface area (Å²) in [5.41, 5.74) is 5.49. The Morgan fingerprint density at radius 1 is 1.15 bits per heavy atom. The van der Waals surface area contributed by atoms with Crippen LogP contribution in [0.25, 0.3) is 16.9 Å². The lowest BCUT2D eigenvalue weighted by Crippen LogP contribution is -2.46. The van der Waals surface area contributed by atoms with Crippen LogP contribution in [0.15, 0.2) is 67.0 Å². The summed E-state index contributed by atoms with van der Waals surface area (Å²) in [6.45, 7) is 3.96. The van der Waals surface area contributed by atoms with Crippen molar-refractivity contribution in [1.82, 2.24) is 25.3 Å². The normalized spacial score (nSPS) is 11.6. The molecule has 10 heteroatoms. The van der Waals surface area contributed by atoms with Gasteiger partial charge in [-0.3, -0.25) is 4.79 Å². The minimum Gasteiger partial charge on any atom is -0.490 e. The number of benzene rings is 2. The van der Waals surface area contributed by atoms with Crippen molar-refractivity contribution in [1.29, 1.82) is 5.26 Å². The largest absolute Gasteiger partial charge is 0.490 e. The van der Waals surface area contributed by atoms with E-state index >= 15 is 0 Å². The van der Waals surface area contributed by atoms with Crippen LogP contribution in [0.5, 0.6) is 5.75 Å². The number of rotatable bonds is 9. The van der Waals surface area contributed by atoms with Crippen molar-refractivity contribution in [3.63, 3.8) is 0 Å². The van der Waals surface area contributed by atoms with Crippen LogP contribution in [0.2, 0.25) is 0 Å². The van der Waals surface area contributed by atoms with Gasteiger partial charge in [0.1, 0.15) is 25.3 Å². The number of hydrogen-bond donors (Lipinski definition) is 3. The van der Waals surface area contributed by atoms with Gasteiger partial charge in [-0.05, 0) is 55.6 Å². The second kappa shape index (κ2) is 12.2. The lowest BCUT2D eigenvalue weighted by molar-refractivity contribution is 0.0936. The molecule has 0 saturated carbocycles. The van der Waals surface area contributed by atoms with E-state index in [0.717, 1.165) is 27.9 Å². The van der Waals surface area contributed by atoms with Gasteiger partial charge in [0.05, 0.1) is 23.4 Å². The Morgan fingerprint density at radius 3 is 2.59 bits per heavy atom. The Bertz CT molecular complexity index is 1520. The molecule has 0 saturated heterocycles. The highest BCUT2D eigenvalue weighted by molar-refractivity contribution is 6.36. The van der Waals surface area contributed by atoms with E-state index in [4.69, 9.17) is 9.72 Å². The predicted molar refractivity (Wildman–Crippen MR) is 153 cm³/mol. The maximum absolute atomic E-state index is 13.1. The topological polar surface area (TPSA) is 121 Å². The summed E-state index contributed by atoms with van der Waals surface area (Å²) in [4.78, 5) is 29.7. The first-order valence-electron chi connectivity index (χ1n) is 12.8. The van der Waals surface area contributed by atoms with E-state index in [2.05, 4.69) is 22.0 Å². The third-order valence-corrected chi connectivity index (χ3v) is 6.21. The van der Waals surface area contributed by atoms with E-state index in [1.165, 1.54) is 13.1 Å². The highest BCUT2D eigenvalue weighted by atomic mass is 16.5. The fourth-order valence-electron chi connectivity index (χ4n) is 4.25. The minimum absolute atomic E-state index is 0.0971. The van der Waals surface area contributed by atoms with Gasteiger partial charge in [-0.25, -0.2) is 9.78 Å². The SMILES string of the molecule is Bc1cccn2cc(-c3ccc(C[C@@H](CNC(=O)NC)NC(=O)c4ccc(OC(C)C)c(C#N)c4)cc3)nc12. The molecule has 9 nitrogen and oxygen atoms in total. The van der Waals surface area contributed by atoms with Crippen LogP contribution < -0.4 is 26.2 Å². The van der Waals surface area contributed by atoms with Crippen LogP contribution in [0.3, 0.4) is 0 Å². The monoisotopic (exact) mass is 522 g/mol. The van der Waals surface area contributed by atoms with Gasteiger partial charge in [0, 0.05) is 37.1 Å². The van der Waals surface area contributed by atoms with Crippen molar-refractivity contribution in [3.8, 4) is 23.1 Å². The lowest BCUT2D eigenvalue weighted by Gasteiger charge is -2.20. The molecule has 2 heterocycles. The van der Waals surface area contributed by atoms with Gasteiger partial charge in [-0.1, -0.05) is 30.3 Å². The number of urea groups is 1. The quantitative estimate of drug-likeness (QED) is 0.291. The van der Waals surface area contributed by atoms with Crippen LogP contribution in [0, 0.1) is 11.3 Å². The zero-order valence-corrected chi connectivity index (χ0v) is 22.5. The molecule has 2 aromatic heterocycles. The fourth-order valence-corrected chi connectivity index (χ4v) is 4.25. The van der Waals surface area contributed by atoms with E-state index in [1.807, 2.05) is 74.9 Å². The molecular weight excluding hydrogens is 491 g/mol. The molecule has 0 aliphatic carbocycles. The van der Waals surface area contributed by atoms with Crippen LogP contribution >= 0.6 is 0 Å². The summed E-state index contributed by atoms with van der Waals surface area (Å²) in [5.74, 6) is 0.0886. The molecule has 39 heavy (non-hydrogen) atoms. The van der Waals surface area contributed by atoms with Crippen molar-refractivity contribution in [2.75, 3.05) is 13.6 Å². The summed E-state index contributed by atoms with van der Waals surface area (Å²) < 4.78 is 7.67. The number of carbonyl (C=O) groups excluding carboxylic acids is 2. The molecule has 4 aromatic rings. The third kappa shape index (κ3) is 6.76. The van der Waals surface area contributed by atoms with E-state index in [-0.39, 0.29) is 30.2 Å². The van der Waals surface area contributed by atoms with Crippen LogP contribution in [0.4, 0.5) is 4.79 Å². The second-order valence-corrected chi connectivity index (χ2v) is 9.57. The molecule has 0 radical (unpaired) electrons. The Kier molecular flexibility index (Phi) is 8.51. The molecule has 0 spiro atoms.